The van der Waals surface area contributed by atoms with Gasteiger partial charge in [-0.25, -0.2) is 0 Å². The van der Waals surface area contributed by atoms with E-state index in [1.165, 1.54) is 5.56 Å². The summed E-state index contributed by atoms with van der Waals surface area (Å²) in [6.45, 7) is 7.52. The van der Waals surface area contributed by atoms with E-state index in [1.54, 1.807) is 0 Å². The van der Waals surface area contributed by atoms with Crippen LogP contribution in [0, 0.1) is 0 Å². The molecule has 4 nitrogen and oxygen atoms in total. The van der Waals surface area contributed by atoms with Gasteiger partial charge in [-0.1, -0.05) is 6.92 Å². The van der Waals surface area contributed by atoms with Crippen molar-refractivity contribution in [2.45, 2.75) is 39.0 Å². The summed E-state index contributed by atoms with van der Waals surface area (Å²) in [7, 11) is 0. The molecule has 0 aliphatic carbocycles. The minimum Gasteiger partial charge on any atom is -0.387 e. The molecule has 0 atom stereocenters. The molecular formula is C11H19N3O. The Balaban J connectivity index is 1.84. The van der Waals surface area contributed by atoms with Gasteiger partial charge in [-0.05, 0) is 13.3 Å². The fourth-order valence-electron chi connectivity index (χ4n) is 2.04. The highest BCUT2D eigenvalue weighted by Crippen LogP contribution is 2.25. The predicted molar refractivity (Wildman–Crippen MR) is 58.4 cm³/mol. The Bertz CT molecular complexity index is 328. The first kappa shape index (κ1) is 10.6. The second-order valence-electron chi connectivity index (χ2n) is 4.43. The highest BCUT2D eigenvalue weighted by molar-refractivity contribution is 5.06. The van der Waals surface area contributed by atoms with Gasteiger partial charge < -0.3 is 5.11 Å². The van der Waals surface area contributed by atoms with E-state index >= 15 is 0 Å². The summed E-state index contributed by atoms with van der Waals surface area (Å²) in [6.07, 6.45) is 4.83. The molecule has 0 unspecified atom stereocenters. The van der Waals surface area contributed by atoms with Crippen molar-refractivity contribution in [1.29, 1.82) is 0 Å². The van der Waals surface area contributed by atoms with Crippen LogP contribution in [-0.4, -0.2) is 38.5 Å². The third-order valence-corrected chi connectivity index (χ3v) is 3.11. The van der Waals surface area contributed by atoms with Gasteiger partial charge in [0.2, 0.25) is 0 Å². The molecule has 15 heavy (non-hydrogen) atoms. The van der Waals surface area contributed by atoms with Crippen LogP contribution in [-0.2, 0) is 13.1 Å². The molecular weight excluding hydrogens is 190 g/mol. The lowest BCUT2D eigenvalue weighted by Crippen LogP contribution is -2.60. The minimum atomic E-state index is -0.430. The zero-order valence-corrected chi connectivity index (χ0v) is 9.48. The van der Waals surface area contributed by atoms with Crippen molar-refractivity contribution in [1.82, 2.24) is 14.7 Å². The van der Waals surface area contributed by atoms with Crippen molar-refractivity contribution in [3.63, 3.8) is 0 Å². The molecule has 1 aromatic heterocycles. The Labute approximate surface area is 90.5 Å². The molecule has 1 aliphatic heterocycles. The highest BCUT2D eigenvalue weighted by atomic mass is 16.3. The van der Waals surface area contributed by atoms with Crippen LogP contribution in [0.1, 0.15) is 25.8 Å². The Morgan fingerprint density at radius 3 is 2.73 bits per heavy atom. The third-order valence-electron chi connectivity index (χ3n) is 3.11. The molecule has 0 spiro atoms. The second kappa shape index (κ2) is 3.94. The van der Waals surface area contributed by atoms with Gasteiger partial charge in [0, 0.05) is 37.9 Å². The summed E-state index contributed by atoms with van der Waals surface area (Å²) in [5.74, 6) is 0. The first-order valence-corrected chi connectivity index (χ1v) is 5.61. The van der Waals surface area contributed by atoms with E-state index in [0.29, 0.717) is 0 Å². The van der Waals surface area contributed by atoms with Crippen LogP contribution < -0.4 is 0 Å². The maximum atomic E-state index is 9.86. The monoisotopic (exact) mass is 209 g/mol. The van der Waals surface area contributed by atoms with Crippen molar-refractivity contribution in [2.75, 3.05) is 13.1 Å². The largest absolute Gasteiger partial charge is 0.387 e. The Morgan fingerprint density at radius 1 is 1.47 bits per heavy atom. The molecule has 0 saturated carbocycles. The summed E-state index contributed by atoms with van der Waals surface area (Å²) >= 11 is 0. The fourth-order valence-corrected chi connectivity index (χ4v) is 2.04. The maximum absolute atomic E-state index is 9.86. The quantitative estimate of drug-likeness (QED) is 0.799. The molecule has 1 aromatic rings. The van der Waals surface area contributed by atoms with Crippen molar-refractivity contribution >= 4 is 0 Å². The summed E-state index contributed by atoms with van der Waals surface area (Å²) in [5, 5.41) is 14.1. The van der Waals surface area contributed by atoms with Crippen molar-refractivity contribution in [3.8, 4) is 0 Å². The molecule has 0 amide bonds. The molecule has 0 aromatic carbocycles. The zero-order valence-electron chi connectivity index (χ0n) is 9.48. The SMILES string of the molecule is CCn1cc(CN2CC(O)(CC)C2)cn1. The van der Waals surface area contributed by atoms with Gasteiger partial charge in [-0.2, -0.15) is 5.10 Å². The molecule has 84 valence electrons. The summed E-state index contributed by atoms with van der Waals surface area (Å²) < 4.78 is 1.93. The molecule has 1 aliphatic rings. The first-order chi connectivity index (χ1) is 7.15. The normalized spacial score (nSPS) is 20.2. The maximum Gasteiger partial charge on any atom is 0.0897 e. The number of hydrogen-bond donors (Lipinski definition) is 1. The van der Waals surface area contributed by atoms with Gasteiger partial charge in [-0.3, -0.25) is 9.58 Å². The number of aromatic nitrogens is 2. The lowest BCUT2D eigenvalue weighted by atomic mass is 9.91. The van der Waals surface area contributed by atoms with Crippen LogP contribution in [0.4, 0.5) is 0 Å². The van der Waals surface area contributed by atoms with Crippen LogP contribution in [0.2, 0.25) is 0 Å². The Hall–Kier alpha value is -0.870. The number of nitrogens with zero attached hydrogens (tertiary/aromatic N) is 3. The smallest absolute Gasteiger partial charge is 0.0897 e. The summed E-state index contributed by atoms with van der Waals surface area (Å²) in [4.78, 5) is 2.25. The Morgan fingerprint density at radius 2 is 2.20 bits per heavy atom. The molecule has 1 fully saturated rings. The number of rotatable bonds is 4. The average Bonchev–Trinajstić information content (AvgIpc) is 2.63. The van der Waals surface area contributed by atoms with E-state index in [2.05, 4.69) is 23.1 Å². The van der Waals surface area contributed by atoms with Crippen molar-refractivity contribution < 1.29 is 5.11 Å². The van der Waals surface area contributed by atoms with E-state index in [0.717, 1.165) is 32.6 Å². The predicted octanol–water partition coefficient (Wildman–Crippen LogP) is 0.860. The molecule has 2 rings (SSSR count). The number of β-amino-alcohol motifs (C(OH)–C–C–N with tert-alkyl or cyclic N) is 1. The highest BCUT2D eigenvalue weighted by Gasteiger charge is 2.39. The fraction of sp³-hybridized carbons (Fsp3) is 0.727. The van der Waals surface area contributed by atoms with Gasteiger partial charge in [0.05, 0.1) is 11.8 Å². The van der Waals surface area contributed by atoms with E-state index in [4.69, 9.17) is 0 Å². The van der Waals surface area contributed by atoms with Crippen LogP contribution in [0.25, 0.3) is 0 Å². The molecule has 2 heterocycles. The minimum absolute atomic E-state index is 0.430. The van der Waals surface area contributed by atoms with Crippen molar-refractivity contribution in [3.05, 3.63) is 18.0 Å². The topological polar surface area (TPSA) is 41.3 Å². The summed E-state index contributed by atoms with van der Waals surface area (Å²) in [6, 6.07) is 0. The lowest BCUT2D eigenvalue weighted by Gasteiger charge is -2.46. The van der Waals surface area contributed by atoms with Gasteiger partial charge in [0.15, 0.2) is 0 Å². The standard InChI is InChI=1S/C11H19N3O/c1-3-11(15)8-13(9-11)6-10-5-12-14(4-2)7-10/h5,7,15H,3-4,6,8-9H2,1-2H3. The van der Waals surface area contributed by atoms with Crippen LogP contribution in [0.15, 0.2) is 12.4 Å². The number of aryl methyl sites for hydroxylation is 1. The molecule has 1 saturated heterocycles. The number of likely N-dealkylation sites (tertiary alicyclic amines) is 1. The molecule has 0 radical (unpaired) electrons. The molecule has 0 bridgehead atoms. The van der Waals surface area contributed by atoms with Gasteiger partial charge in [0.1, 0.15) is 0 Å². The lowest BCUT2D eigenvalue weighted by molar-refractivity contribution is -0.103. The van der Waals surface area contributed by atoms with E-state index in [-0.39, 0.29) is 0 Å². The molecule has 1 N–H and O–H groups in total. The van der Waals surface area contributed by atoms with Crippen LogP contribution >= 0.6 is 0 Å². The van der Waals surface area contributed by atoms with Crippen molar-refractivity contribution in [2.24, 2.45) is 0 Å². The summed E-state index contributed by atoms with van der Waals surface area (Å²) in [5.41, 5.74) is 0.802. The van der Waals surface area contributed by atoms with E-state index in [9.17, 15) is 5.11 Å². The second-order valence-corrected chi connectivity index (χ2v) is 4.43. The zero-order chi connectivity index (χ0) is 10.9. The number of aliphatic hydroxyl groups is 1. The van der Waals surface area contributed by atoms with Gasteiger partial charge in [-0.15, -0.1) is 0 Å². The average molecular weight is 209 g/mol. The van der Waals surface area contributed by atoms with Gasteiger partial charge in [0.25, 0.3) is 0 Å². The van der Waals surface area contributed by atoms with Crippen LogP contribution in [0.3, 0.4) is 0 Å². The third kappa shape index (κ3) is 2.21. The van der Waals surface area contributed by atoms with E-state index < -0.39 is 5.60 Å². The van der Waals surface area contributed by atoms with E-state index in [1.807, 2.05) is 17.8 Å². The first-order valence-electron chi connectivity index (χ1n) is 5.61. The Kier molecular flexibility index (Phi) is 2.80. The van der Waals surface area contributed by atoms with Crippen LogP contribution in [0.5, 0.6) is 0 Å². The number of hydrogen-bond acceptors (Lipinski definition) is 3. The van der Waals surface area contributed by atoms with Gasteiger partial charge >= 0.3 is 0 Å². The molecule has 4 heteroatoms.